The summed E-state index contributed by atoms with van der Waals surface area (Å²) in [7, 11) is 0. The van der Waals surface area contributed by atoms with E-state index in [9.17, 15) is 0 Å². The van der Waals surface area contributed by atoms with Crippen molar-refractivity contribution in [2.45, 2.75) is 0 Å². The van der Waals surface area contributed by atoms with E-state index in [4.69, 9.17) is 15.0 Å². The summed E-state index contributed by atoms with van der Waals surface area (Å²) in [5.74, 6) is 0. The summed E-state index contributed by atoms with van der Waals surface area (Å²) in [6.07, 6.45) is 0. The topological polar surface area (TPSA) is 38.7 Å². The molecule has 0 atom stereocenters. The fourth-order valence-corrected chi connectivity index (χ4v) is 8.27. The third kappa shape index (κ3) is 6.07. The second-order valence-corrected chi connectivity index (χ2v) is 14.8. The average Bonchev–Trinajstić information content (AvgIpc) is 3.31. The molecule has 11 aromatic rings. The molecule has 0 amide bonds. The van der Waals surface area contributed by atoms with Gasteiger partial charge in [0.25, 0.3) is 0 Å². The predicted octanol–water partition coefficient (Wildman–Crippen LogP) is 14.5. The van der Waals surface area contributed by atoms with Crippen LogP contribution in [0.4, 0.5) is 0 Å². The van der Waals surface area contributed by atoms with E-state index in [0.717, 1.165) is 78.0 Å². The normalized spacial score (nSPS) is 11.4. The van der Waals surface area contributed by atoms with Crippen molar-refractivity contribution >= 4 is 43.4 Å². The first-order valence-corrected chi connectivity index (χ1v) is 19.7. The minimum absolute atomic E-state index is 0.895. The highest BCUT2D eigenvalue weighted by Gasteiger charge is 2.14. The smallest absolute Gasteiger partial charge is 0.0972 e. The van der Waals surface area contributed by atoms with Crippen molar-refractivity contribution in [2.24, 2.45) is 0 Å². The SMILES string of the molecule is c1ccc(-c2cc(-c3ccc(-c4ccc5ccc6ccc(-c7cccc(-c8cc9ccccc9c9ccccc89)c7)nc6c5n4)cc3)cc(-c3ccccc3)n2)cc1. The van der Waals surface area contributed by atoms with Gasteiger partial charge in [-0.1, -0.05) is 176 Å². The summed E-state index contributed by atoms with van der Waals surface area (Å²) in [5.41, 5.74) is 14.5. The van der Waals surface area contributed by atoms with Crippen LogP contribution in [-0.2, 0) is 0 Å². The van der Waals surface area contributed by atoms with Crippen molar-refractivity contribution in [2.75, 3.05) is 0 Å². The van der Waals surface area contributed by atoms with Crippen LogP contribution in [0.5, 0.6) is 0 Å². The van der Waals surface area contributed by atoms with Crippen molar-refractivity contribution in [3.8, 4) is 67.3 Å². The van der Waals surface area contributed by atoms with Crippen molar-refractivity contribution < 1.29 is 0 Å². The summed E-state index contributed by atoms with van der Waals surface area (Å²) < 4.78 is 0. The molecule has 0 N–H and O–H groups in total. The summed E-state index contributed by atoms with van der Waals surface area (Å²) in [5, 5.41) is 7.14. The molecule has 3 heterocycles. The zero-order valence-electron chi connectivity index (χ0n) is 31.5. The van der Waals surface area contributed by atoms with Crippen LogP contribution in [0.1, 0.15) is 0 Å². The Balaban J connectivity index is 0.963. The van der Waals surface area contributed by atoms with Gasteiger partial charge in [-0.15, -0.1) is 0 Å². The molecule has 8 aromatic carbocycles. The number of benzene rings is 8. The summed E-state index contributed by atoms with van der Waals surface area (Å²) >= 11 is 0. The van der Waals surface area contributed by atoms with E-state index in [1.54, 1.807) is 0 Å². The van der Waals surface area contributed by atoms with E-state index in [1.807, 2.05) is 12.1 Å². The molecule has 0 saturated carbocycles. The summed E-state index contributed by atoms with van der Waals surface area (Å²) in [4.78, 5) is 15.6. The Morgan fingerprint density at radius 1 is 0.224 bits per heavy atom. The lowest BCUT2D eigenvalue weighted by Crippen LogP contribution is -1.92. The van der Waals surface area contributed by atoms with E-state index in [0.29, 0.717) is 0 Å². The first kappa shape index (κ1) is 33.6. The van der Waals surface area contributed by atoms with Crippen molar-refractivity contribution in [3.05, 3.63) is 212 Å². The molecule has 0 bridgehead atoms. The fourth-order valence-electron chi connectivity index (χ4n) is 8.27. The fraction of sp³-hybridized carbons (Fsp3) is 0. The molecule has 0 spiro atoms. The molecule has 0 unspecified atom stereocenters. The largest absolute Gasteiger partial charge is 0.248 e. The molecule has 0 radical (unpaired) electrons. The van der Waals surface area contributed by atoms with Gasteiger partial charge in [-0.05, 0) is 80.2 Å². The maximum atomic E-state index is 5.31. The first-order chi connectivity index (χ1) is 28.7. The van der Waals surface area contributed by atoms with Crippen LogP contribution >= 0.6 is 0 Å². The van der Waals surface area contributed by atoms with Gasteiger partial charge in [-0.2, -0.15) is 0 Å². The van der Waals surface area contributed by atoms with E-state index in [2.05, 4.69) is 200 Å². The van der Waals surface area contributed by atoms with Crippen LogP contribution in [0.2, 0.25) is 0 Å². The molecule has 270 valence electrons. The highest BCUT2D eigenvalue weighted by molar-refractivity contribution is 6.14. The number of pyridine rings is 3. The molecule has 0 saturated heterocycles. The third-order valence-corrected chi connectivity index (χ3v) is 11.2. The molecule has 0 fully saturated rings. The van der Waals surface area contributed by atoms with Gasteiger partial charge in [0, 0.05) is 33.0 Å². The minimum atomic E-state index is 0.895. The lowest BCUT2D eigenvalue weighted by molar-refractivity contribution is 1.32. The Morgan fingerprint density at radius 2 is 0.707 bits per heavy atom. The first-order valence-electron chi connectivity index (χ1n) is 19.7. The molecular weight excluding hydrogens is 703 g/mol. The lowest BCUT2D eigenvalue weighted by Gasteiger charge is -2.13. The predicted molar refractivity (Wildman–Crippen MR) is 242 cm³/mol. The molecule has 0 aliphatic carbocycles. The average molecular weight is 738 g/mol. The number of rotatable bonds is 6. The second kappa shape index (κ2) is 14.1. The molecule has 3 nitrogen and oxygen atoms in total. The van der Waals surface area contributed by atoms with Gasteiger partial charge in [0.05, 0.1) is 33.8 Å². The Bertz CT molecular complexity index is 3260. The minimum Gasteiger partial charge on any atom is -0.248 e. The zero-order chi connectivity index (χ0) is 38.4. The van der Waals surface area contributed by atoms with Gasteiger partial charge in [-0.3, -0.25) is 0 Å². The van der Waals surface area contributed by atoms with Crippen LogP contribution in [0.15, 0.2) is 212 Å². The number of hydrogen-bond acceptors (Lipinski definition) is 3. The summed E-state index contributed by atoms with van der Waals surface area (Å²) in [6, 6.07) is 75.1. The van der Waals surface area contributed by atoms with Crippen LogP contribution in [-0.4, -0.2) is 15.0 Å². The molecular formula is C55H35N3. The Labute approximate surface area is 336 Å². The molecule has 0 aliphatic heterocycles. The standard InChI is InChI=1S/C55H35N3/c1-3-12-37(13-4-1)52-34-45(35-53(56-52)38-14-5-2-6-15-38)36-22-24-39(25-23-36)50-30-28-40-26-27-41-29-31-51(58-55(41)54(40)57-50)44-18-11-17-42(32-44)49-33-43-16-7-8-19-46(43)47-20-9-10-21-48(47)49/h1-35H. The number of hydrogen-bond donors (Lipinski definition) is 0. The molecule has 3 aromatic heterocycles. The van der Waals surface area contributed by atoms with Crippen LogP contribution < -0.4 is 0 Å². The second-order valence-electron chi connectivity index (χ2n) is 14.8. The molecule has 0 aliphatic rings. The van der Waals surface area contributed by atoms with Crippen LogP contribution in [0.25, 0.3) is 111 Å². The Kier molecular flexibility index (Phi) is 8.15. The Hall–Kier alpha value is -7.75. The molecule has 58 heavy (non-hydrogen) atoms. The zero-order valence-corrected chi connectivity index (χ0v) is 31.5. The van der Waals surface area contributed by atoms with Crippen molar-refractivity contribution in [1.29, 1.82) is 0 Å². The number of nitrogens with zero attached hydrogens (tertiary/aromatic N) is 3. The number of aromatic nitrogens is 3. The van der Waals surface area contributed by atoms with Gasteiger partial charge >= 0.3 is 0 Å². The van der Waals surface area contributed by atoms with E-state index >= 15 is 0 Å². The molecule has 3 heteroatoms. The maximum absolute atomic E-state index is 5.31. The van der Waals surface area contributed by atoms with Gasteiger partial charge < -0.3 is 0 Å². The lowest BCUT2D eigenvalue weighted by atomic mass is 9.92. The van der Waals surface area contributed by atoms with E-state index in [-0.39, 0.29) is 0 Å². The van der Waals surface area contributed by atoms with Crippen LogP contribution in [0.3, 0.4) is 0 Å². The van der Waals surface area contributed by atoms with Gasteiger partial charge in [-0.25, -0.2) is 15.0 Å². The van der Waals surface area contributed by atoms with Crippen LogP contribution in [0, 0.1) is 0 Å². The summed E-state index contributed by atoms with van der Waals surface area (Å²) in [6.45, 7) is 0. The van der Waals surface area contributed by atoms with Crippen molar-refractivity contribution in [3.63, 3.8) is 0 Å². The monoisotopic (exact) mass is 737 g/mol. The maximum Gasteiger partial charge on any atom is 0.0972 e. The third-order valence-electron chi connectivity index (χ3n) is 11.2. The van der Waals surface area contributed by atoms with Gasteiger partial charge in [0.15, 0.2) is 0 Å². The number of fused-ring (bicyclic) bond motifs is 6. The highest BCUT2D eigenvalue weighted by Crippen LogP contribution is 2.37. The Morgan fingerprint density at radius 3 is 1.36 bits per heavy atom. The highest BCUT2D eigenvalue weighted by atomic mass is 14.8. The van der Waals surface area contributed by atoms with Crippen molar-refractivity contribution in [1.82, 2.24) is 15.0 Å². The van der Waals surface area contributed by atoms with E-state index in [1.165, 1.54) is 32.7 Å². The van der Waals surface area contributed by atoms with Gasteiger partial charge in [0.2, 0.25) is 0 Å². The quantitative estimate of drug-likeness (QED) is 0.160. The van der Waals surface area contributed by atoms with E-state index < -0.39 is 0 Å². The van der Waals surface area contributed by atoms with Gasteiger partial charge in [0.1, 0.15) is 0 Å². The molecule has 11 rings (SSSR count).